The fourth-order valence-corrected chi connectivity index (χ4v) is 3.86. The number of nitrogens with one attached hydrogen (secondary N) is 2. The second kappa shape index (κ2) is 12.6. The van der Waals surface area contributed by atoms with Crippen LogP contribution < -0.4 is 10.6 Å². The van der Waals surface area contributed by atoms with Gasteiger partial charge in [-0.25, -0.2) is 0 Å². The number of carbonyl (C=O) groups is 1. The van der Waals surface area contributed by atoms with E-state index in [2.05, 4.69) is 41.8 Å². The SMILES string of the molecule is CC(CC(=O)NCc1ccccc1COCc1ccccc1)C1CCNCC1.Cl. The number of hydrogen-bond donors (Lipinski definition) is 2. The molecule has 0 bridgehead atoms. The molecule has 3 rings (SSSR count). The van der Waals surface area contributed by atoms with Gasteiger partial charge >= 0.3 is 0 Å². The van der Waals surface area contributed by atoms with E-state index < -0.39 is 0 Å². The molecule has 1 amide bonds. The summed E-state index contributed by atoms with van der Waals surface area (Å²) in [6.45, 7) is 6.06. The van der Waals surface area contributed by atoms with Crippen LogP contribution in [0.5, 0.6) is 0 Å². The first-order chi connectivity index (χ1) is 13.7. The van der Waals surface area contributed by atoms with E-state index in [0.29, 0.717) is 38.0 Å². The van der Waals surface area contributed by atoms with Gasteiger partial charge in [0.2, 0.25) is 5.91 Å². The normalized spacial score (nSPS) is 15.3. The molecule has 0 aromatic heterocycles. The molecular formula is C24H33ClN2O2. The smallest absolute Gasteiger partial charge is 0.220 e. The van der Waals surface area contributed by atoms with Crippen molar-refractivity contribution in [3.05, 3.63) is 71.3 Å². The van der Waals surface area contributed by atoms with Crippen LogP contribution in [0.15, 0.2) is 54.6 Å². The zero-order chi connectivity index (χ0) is 19.6. The lowest BCUT2D eigenvalue weighted by molar-refractivity contribution is -0.122. The molecule has 4 nitrogen and oxygen atoms in total. The second-order valence-corrected chi connectivity index (χ2v) is 7.79. The van der Waals surface area contributed by atoms with Crippen LogP contribution in [-0.4, -0.2) is 19.0 Å². The average Bonchev–Trinajstić information content (AvgIpc) is 2.74. The van der Waals surface area contributed by atoms with Crippen molar-refractivity contribution in [3.63, 3.8) is 0 Å². The fraction of sp³-hybridized carbons (Fsp3) is 0.458. The van der Waals surface area contributed by atoms with Crippen molar-refractivity contribution in [2.45, 2.75) is 45.9 Å². The van der Waals surface area contributed by atoms with Gasteiger partial charge in [-0.3, -0.25) is 4.79 Å². The lowest BCUT2D eigenvalue weighted by Crippen LogP contribution is -2.33. The Morgan fingerprint density at radius 3 is 2.41 bits per heavy atom. The number of halogens is 1. The van der Waals surface area contributed by atoms with E-state index in [9.17, 15) is 4.79 Å². The Hall–Kier alpha value is -1.88. The number of rotatable bonds is 9. The third-order valence-corrected chi connectivity index (χ3v) is 5.66. The lowest BCUT2D eigenvalue weighted by atomic mass is 9.84. The molecule has 1 aliphatic heterocycles. The molecule has 1 heterocycles. The highest BCUT2D eigenvalue weighted by atomic mass is 35.5. The van der Waals surface area contributed by atoms with Crippen molar-refractivity contribution < 1.29 is 9.53 Å². The Labute approximate surface area is 180 Å². The highest BCUT2D eigenvalue weighted by Gasteiger charge is 2.21. The summed E-state index contributed by atoms with van der Waals surface area (Å²) >= 11 is 0. The molecule has 2 aromatic rings. The Kier molecular flexibility index (Phi) is 10.2. The van der Waals surface area contributed by atoms with Gasteiger partial charge in [-0.15, -0.1) is 12.4 Å². The molecule has 29 heavy (non-hydrogen) atoms. The van der Waals surface area contributed by atoms with Gasteiger partial charge in [0.25, 0.3) is 0 Å². The predicted octanol–water partition coefficient (Wildman–Crippen LogP) is 4.47. The van der Waals surface area contributed by atoms with E-state index in [-0.39, 0.29) is 18.3 Å². The highest BCUT2D eigenvalue weighted by Crippen LogP contribution is 2.24. The summed E-state index contributed by atoms with van der Waals surface area (Å²) in [5.41, 5.74) is 3.42. The Bertz CT molecular complexity index is 733. The molecular weight excluding hydrogens is 384 g/mol. The molecule has 2 N–H and O–H groups in total. The molecule has 2 aromatic carbocycles. The standard InChI is InChI=1S/C24H32N2O2.ClH/c1-19(21-11-13-25-14-12-21)15-24(27)26-16-22-9-5-6-10-23(22)18-28-17-20-7-3-2-4-8-20;/h2-10,19,21,25H,11-18H2,1H3,(H,26,27);1H. The third kappa shape index (κ3) is 7.81. The Morgan fingerprint density at radius 1 is 1.03 bits per heavy atom. The predicted molar refractivity (Wildman–Crippen MR) is 120 cm³/mol. The van der Waals surface area contributed by atoms with Gasteiger partial charge in [0.1, 0.15) is 0 Å². The van der Waals surface area contributed by atoms with E-state index in [1.165, 1.54) is 18.4 Å². The van der Waals surface area contributed by atoms with E-state index in [4.69, 9.17) is 4.74 Å². The minimum absolute atomic E-state index is 0. The minimum atomic E-state index is 0. The van der Waals surface area contributed by atoms with Gasteiger partial charge in [-0.1, -0.05) is 61.5 Å². The van der Waals surface area contributed by atoms with Crippen molar-refractivity contribution in [2.75, 3.05) is 13.1 Å². The molecule has 5 heteroatoms. The number of ether oxygens (including phenoxy) is 1. The molecule has 1 fully saturated rings. The Morgan fingerprint density at radius 2 is 1.69 bits per heavy atom. The van der Waals surface area contributed by atoms with Crippen LogP contribution >= 0.6 is 12.4 Å². The van der Waals surface area contributed by atoms with E-state index >= 15 is 0 Å². The number of piperidine rings is 1. The number of amides is 1. The Balaban J connectivity index is 0.00000300. The van der Waals surface area contributed by atoms with Crippen LogP contribution in [0.4, 0.5) is 0 Å². The number of hydrogen-bond acceptors (Lipinski definition) is 3. The molecule has 158 valence electrons. The largest absolute Gasteiger partial charge is 0.372 e. The zero-order valence-corrected chi connectivity index (χ0v) is 18.0. The van der Waals surface area contributed by atoms with Crippen LogP contribution in [0.25, 0.3) is 0 Å². The zero-order valence-electron chi connectivity index (χ0n) is 17.2. The van der Waals surface area contributed by atoms with Crippen LogP contribution in [-0.2, 0) is 29.3 Å². The summed E-state index contributed by atoms with van der Waals surface area (Å²) in [4.78, 5) is 12.4. The van der Waals surface area contributed by atoms with Gasteiger partial charge in [0.05, 0.1) is 13.2 Å². The maximum atomic E-state index is 12.4. The van der Waals surface area contributed by atoms with E-state index in [0.717, 1.165) is 24.2 Å². The summed E-state index contributed by atoms with van der Waals surface area (Å²) in [6.07, 6.45) is 2.96. The summed E-state index contributed by atoms with van der Waals surface area (Å²) in [5, 5.41) is 6.50. The monoisotopic (exact) mass is 416 g/mol. The van der Waals surface area contributed by atoms with Crippen molar-refractivity contribution in [1.29, 1.82) is 0 Å². The van der Waals surface area contributed by atoms with E-state index in [1.54, 1.807) is 0 Å². The maximum absolute atomic E-state index is 12.4. The topological polar surface area (TPSA) is 50.4 Å². The lowest BCUT2D eigenvalue weighted by Gasteiger charge is -2.27. The van der Waals surface area contributed by atoms with Crippen molar-refractivity contribution in [3.8, 4) is 0 Å². The summed E-state index contributed by atoms with van der Waals surface area (Å²) in [6, 6.07) is 18.4. The first-order valence-electron chi connectivity index (χ1n) is 10.4. The van der Waals surface area contributed by atoms with Crippen LogP contribution in [0.2, 0.25) is 0 Å². The van der Waals surface area contributed by atoms with Crippen LogP contribution in [0, 0.1) is 11.8 Å². The van der Waals surface area contributed by atoms with Crippen molar-refractivity contribution in [2.24, 2.45) is 11.8 Å². The van der Waals surface area contributed by atoms with Gasteiger partial charge in [-0.2, -0.15) is 0 Å². The average molecular weight is 417 g/mol. The van der Waals surface area contributed by atoms with Gasteiger partial charge < -0.3 is 15.4 Å². The summed E-state index contributed by atoms with van der Waals surface area (Å²) in [5.74, 6) is 1.24. The number of benzene rings is 2. The fourth-order valence-electron chi connectivity index (χ4n) is 3.86. The first-order valence-corrected chi connectivity index (χ1v) is 10.4. The van der Waals surface area contributed by atoms with Gasteiger partial charge in [0.15, 0.2) is 0 Å². The quantitative estimate of drug-likeness (QED) is 0.634. The minimum Gasteiger partial charge on any atom is -0.372 e. The van der Waals surface area contributed by atoms with E-state index in [1.807, 2.05) is 30.3 Å². The van der Waals surface area contributed by atoms with Gasteiger partial charge in [0, 0.05) is 13.0 Å². The first kappa shape index (κ1) is 23.4. The molecule has 0 spiro atoms. The highest BCUT2D eigenvalue weighted by molar-refractivity contribution is 5.85. The summed E-state index contributed by atoms with van der Waals surface area (Å²) < 4.78 is 5.88. The van der Waals surface area contributed by atoms with Crippen molar-refractivity contribution in [1.82, 2.24) is 10.6 Å². The van der Waals surface area contributed by atoms with Crippen LogP contribution in [0.3, 0.4) is 0 Å². The molecule has 1 aliphatic rings. The number of carbonyl (C=O) groups excluding carboxylic acids is 1. The molecule has 0 saturated carbocycles. The molecule has 0 radical (unpaired) electrons. The summed E-state index contributed by atoms with van der Waals surface area (Å²) in [7, 11) is 0. The molecule has 1 unspecified atom stereocenters. The molecule has 1 saturated heterocycles. The van der Waals surface area contributed by atoms with Gasteiger partial charge in [-0.05, 0) is 54.5 Å². The maximum Gasteiger partial charge on any atom is 0.220 e. The van der Waals surface area contributed by atoms with Crippen LogP contribution in [0.1, 0.15) is 42.9 Å². The molecule has 1 atom stereocenters. The third-order valence-electron chi connectivity index (χ3n) is 5.66. The molecule has 0 aliphatic carbocycles. The second-order valence-electron chi connectivity index (χ2n) is 7.79. The van der Waals surface area contributed by atoms with Crippen molar-refractivity contribution >= 4 is 18.3 Å².